The molecule has 3 rings (SSSR count). The van der Waals surface area contributed by atoms with Crippen LogP contribution in [0.15, 0.2) is 41.4 Å². The maximum absolute atomic E-state index is 4.40. The molecule has 1 aliphatic carbocycles. The molecule has 0 unspecified atom stereocenters. The first-order valence-corrected chi connectivity index (χ1v) is 4.21. The summed E-state index contributed by atoms with van der Waals surface area (Å²) in [5.41, 5.74) is 2.99. The Morgan fingerprint density at radius 2 is 2.31 bits per heavy atom. The van der Waals surface area contributed by atoms with Crippen LogP contribution in [0.3, 0.4) is 0 Å². The number of rotatable bonds is 0. The lowest BCUT2D eigenvalue weighted by Gasteiger charge is -2.01. The predicted octanol–water partition coefficient (Wildman–Crippen LogP) is 0.104. The fourth-order valence-corrected chi connectivity index (χ4v) is 1.61. The van der Waals surface area contributed by atoms with Crippen molar-refractivity contribution in [2.45, 2.75) is 6.42 Å². The van der Waals surface area contributed by atoms with Gasteiger partial charge >= 0.3 is 0 Å². The zero-order valence-corrected chi connectivity index (χ0v) is 6.94. The second kappa shape index (κ2) is 2.36. The molecule has 0 saturated heterocycles. The van der Waals surface area contributed by atoms with Crippen LogP contribution in [0.4, 0.5) is 0 Å². The van der Waals surface area contributed by atoms with Crippen molar-refractivity contribution < 1.29 is 0 Å². The van der Waals surface area contributed by atoms with Gasteiger partial charge in [-0.15, -0.1) is 0 Å². The third-order valence-corrected chi connectivity index (χ3v) is 2.22. The summed E-state index contributed by atoms with van der Waals surface area (Å²) in [6.07, 6.45) is 10.6. The number of allylic oxidation sites excluding steroid dienone is 3. The zero-order valence-electron chi connectivity index (χ0n) is 6.94. The van der Waals surface area contributed by atoms with Gasteiger partial charge in [0.05, 0.1) is 5.70 Å². The molecular weight excluding hydrogens is 162 g/mol. The summed E-state index contributed by atoms with van der Waals surface area (Å²) in [5, 5.41) is 1.05. The van der Waals surface area contributed by atoms with Gasteiger partial charge in [0, 0.05) is 17.0 Å². The lowest BCUT2D eigenvalue weighted by molar-refractivity contribution is 1.05. The van der Waals surface area contributed by atoms with E-state index in [1.165, 1.54) is 6.33 Å². The van der Waals surface area contributed by atoms with Crippen molar-refractivity contribution in [1.82, 2.24) is 9.97 Å². The van der Waals surface area contributed by atoms with Crippen molar-refractivity contribution in [1.29, 1.82) is 0 Å². The summed E-state index contributed by atoms with van der Waals surface area (Å²) < 4.78 is 0. The minimum Gasteiger partial charge on any atom is -0.244 e. The second-order valence-corrected chi connectivity index (χ2v) is 3.01. The predicted molar refractivity (Wildman–Crippen MR) is 48.1 cm³/mol. The molecule has 62 valence electrons. The van der Waals surface area contributed by atoms with Crippen LogP contribution in [-0.4, -0.2) is 9.97 Å². The molecule has 2 aliphatic rings. The summed E-state index contributed by atoms with van der Waals surface area (Å²) in [5.74, 6) is 0. The summed E-state index contributed by atoms with van der Waals surface area (Å²) in [6, 6.07) is 0. The van der Waals surface area contributed by atoms with Gasteiger partial charge in [-0.2, -0.15) is 0 Å². The molecule has 0 N–H and O–H groups in total. The maximum atomic E-state index is 4.40. The molecule has 0 radical (unpaired) electrons. The van der Waals surface area contributed by atoms with Gasteiger partial charge < -0.3 is 0 Å². The van der Waals surface area contributed by atoms with Crippen LogP contribution >= 0.6 is 0 Å². The number of fused-ring (bicyclic) bond motifs is 2. The average Bonchev–Trinajstić information content (AvgIpc) is 2.56. The van der Waals surface area contributed by atoms with Gasteiger partial charge in [0.25, 0.3) is 0 Å². The van der Waals surface area contributed by atoms with Crippen molar-refractivity contribution in [2.24, 2.45) is 4.99 Å². The molecule has 0 bridgehead atoms. The monoisotopic (exact) mass is 169 g/mol. The molecule has 3 heteroatoms. The summed E-state index contributed by atoms with van der Waals surface area (Å²) >= 11 is 0. The van der Waals surface area contributed by atoms with E-state index in [4.69, 9.17) is 0 Å². The molecule has 13 heavy (non-hydrogen) atoms. The van der Waals surface area contributed by atoms with Gasteiger partial charge in [-0.3, -0.25) is 0 Å². The Balaban J connectivity index is 2.50. The van der Waals surface area contributed by atoms with Crippen LogP contribution in [0, 0.1) is 0 Å². The fraction of sp³-hybridized carbons (Fsp3) is 0.100. The van der Waals surface area contributed by atoms with E-state index in [0.717, 1.165) is 28.4 Å². The Labute approximate surface area is 74.9 Å². The number of hydrogen-bond acceptors (Lipinski definition) is 3. The van der Waals surface area contributed by atoms with E-state index in [1.54, 1.807) is 0 Å². The molecule has 0 aromatic carbocycles. The zero-order chi connectivity index (χ0) is 8.67. The van der Waals surface area contributed by atoms with Crippen molar-refractivity contribution in [3.8, 4) is 0 Å². The average molecular weight is 169 g/mol. The number of hydrogen-bond donors (Lipinski definition) is 0. The third-order valence-electron chi connectivity index (χ3n) is 2.22. The second-order valence-electron chi connectivity index (χ2n) is 3.01. The fourth-order valence-electron chi connectivity index (χ4n) is 1.61. The van der Waals surface area contributed by atoms with Gasteiger partial charge in [0.1, 0.15) is 6.33 Å². The van der Waals surface area contributed by atoms with E-state index in [2.05, 4.69) is 33.2 Å². The van der Waals surface area contributed by atoms with Crippen LogP contribution in [0.25, 0.3) is 5.57 Å². The first-order valence-electron chi connectivity index (χ1n) is 4.21. The molecule has 1 aliphatic heterocycles. The summed E-state index contributed by atoms with van der Waals surface area (Å²) in [7, 11) is 0. The quantitative estimate of drug-likeness (QED) is 0.552. The molecule has 1 aromatic rings. The molecular formula is C10H7N3. The van der Waals surface area contributed by atoms with Gasteiger partial charge in [-0.1, -0.05) is 18.2 Å². The van der Waals surface area contributed by atoms with E-state index in [1.807, 2.05) is 6.20 Å². The van der Waals surface area contributed by atoms with E-state index in [9.17, 15) is 0 Å². The Kier molecular flexibility index (Phi) is 1.22. The Bertz CT molecular complexity index is 538. The van der Waals surface area contributed by atoms with Crippen molar-refractivity contribution >= 4 is 5.57 Å². The molecule has 0 spiro atoms. The first kappa shape index (κ1) is 6.71. The Morgan fingerprint density at radius 1 is 1.31 bits per heavy atom. The van der Waals surface area contributed by atoms with Crippen molar-refractivity contribution in [2.75, 3.05) is 0 Å². The lowest BCUT2D eigenvalue weighted by Crippen LogP contribution is -2.26. The van der Waals surface area contributed by atoms with Crippen molar-refractivity contribution in [3.05, 3.63) is 47.2 Å². The number of aromatic nitrogens is 2. The summed E-state index contributed by atoms with van der Waals surface area (Å²) in [4.78, 5) is 12.5. The van der Waals surface area contributed by atoms with Crippen LogP contribution in [0.5, 0.6) is 0 Å². The van der Waals surface area contributed by atoms with Gasteiger partial charge in [-0.25, -0.2) is 15.0 Å². The first-order chi connectivity index (χ1) is 6.45. The smallest absolute Gasteiger partial charge is 0.163 e. The standard InChI is InChI=1S/C10H7N3/c1-2-4-9-7(3-1)8-5-11-6-12-10(8)13-9/h1,3-6H,2H2. The maximum Gasteiger partial charge on any atom is 0.163 e. The van der Waals surface area contributed by atoms with Crippen LogP contribution in [-0.2, 0) is 0 Å². The van der Waals surface area contributed by atoms with E-state index < -0.39 is 0 Å². The summed E-state index contributed by atoms with van der Waals surface area (Å²) in [6.45, 7) is 0. The minimum atomic E-state index is 0.794. The van der Waals surface area contributed by atoms with Crippen LogP contribution < -0.4 is 10.7 Å². The molecule has 2 heterocycles. The van der Waals surface area contributed by atoms with Crippen LogP contribution in [0.1, 0.15) is 6.42 Å². The molecule has 0 amide bonds. The lowest BCUT2D eigenvalue weighted by atomic mass is 10.1. The highest BCUT2D eigenvalue weighted by atomic mass is 14.9. The molecule has 0 atom stereocenters. The molecule has 1 aromatic heterocycles. The highest BCUT2D eigenvalue weighted by Gasteiger charge is 2.12. The van der Waals surface area contributed by atoms with Gasteiger partial charge in [-0.05, 0) is 6.42 Å². The Morgan fingerprint density at radius 3 is 3.31 bits per heavy atom. The largest absolute Gasteiger partial charge is 0.244 e. The normalized spacial score (nSPS) is 17.5. The van der Waals surface area contributed by atoms with E-state index in [-0.39, 0.29) is 0 Å². The van der Waals surface area contributed by atoms with Crippen LogP contribution in [0.2, 0.25) is 0 Å². The van der Waals surface area contributed by atoms with E-state index >= 15 is 0 Å². The third kappa shape index (κ3) is 0.869. The highest BCUT2D eigenvalue weighted by molar-refractivity contribution is 5.74. The van der Waals surface area contributed by atoms with Gasteiger partial charge in [0.2, 0.25) is 0 Å². The Hall–Kier alpha value is -1.77. The van der Waals surface area contributed by atoms with Gasteiger partial charge in [0.15, 0.2) is 5.49 Å². The topological polar surface area (TPSA) is 38.1 Å². The number of nitrogens with zero attached hydrogens (tertiary/aromatic N) is 3. The molecule has 0 fully saturated rings. The SMILES string of the molecule is C1=CC2=c3cncnc3=NC2=CC1. The minimum absolute atomic E-state index is 0.794. The highest BCUT2D eigenvalue weighted by Crippen LogP contribution is 2.19. The molecule has 3 nitrogen and oxygen atoms in total. The molecule has 0 saturated carbocycles. The van der Waals surface area contributed by atoms with Crippen molar-refractivity contribution in [3.63, 3.8) is 0 Å². The van der Waals surface area contributed by atoms with E-state index in [0.29, 0.717) is 0 Å².